The molecule has 4 heteroatoms. The van der Waals surface area contributed by atoms with Crippen molar-refractivity contribution in [1.29, 1.82) is 0 Å². The van der Waals surface area contributed by atoms with Crippen LogP contribution in [0.5, 0.6) is 5.75 Å². The number of phenolic OH excluding ortho intramolecular Hbond substituents is 1. The van der Waals surface area contributed by atoms with Crippen LogP contribution < -0.4 is 0 Å². The molecule has 0 saturated heterocycles. The third-order valence-corrected chi connectivity index (χ3v) is 3.48. The highest BCUT2D eigenvalue weighted by Crippen LogP contribution is 2.13. The molecule has 1 aromatic rings. The normalized spacial score (nSPS) is 16.1. The van der Waals surface area contributed by atoms with Crippen molar-refractivity contribution < 1.29 is 14.7 Å². The number of aliphatic imine (C=N–C) groups is 1. The number of hydrogen-bond acceptors (Lipinski definition) is 4. The molecule has 2 rings (SSSR count). The Morgan fingerprint density at radius 2 is 1.86 bits per heavy atom. The maximum atomic E-state index is 11.2. The molecule has 1 aliphatic rings. The van der Waals surface area contributed by atoms with Crippen molar-refractivity contribution in [2.75, 3.05) is 0 Å². The fourth-order valence-corrected chi connectivity index (χ4v) is 2.13. The Labute approximate surface area is 129 Å². The van der Waals surface area contributed by atoms with Crippen molar-refractivity contribution >= 4 is 17.8 Å². The smallest absolute Gasteiger partial charge is 0.225 e. The minimum atomic E-state index is -0.469. The Bertz CT molecular complexity index is 639. The third-order valence-electron chi connectivity index (χ3n) is 3.48. The van der Waals surface area contributed by atoms with Gasteiger partial charge in [-0.1, -0.05) is 18.2 Å². The average Bonchev–Trinajstić information content (AvgIpc) is 2.50. The lowest BCUT2D eigenvalue weighted by molar-refractivity contribution is -0.131. The second-order valence-electron chi connectivity index (χ2n) is 5.37. The second-order valence-corrected chi connectivity index (χ2v) is 5.37. The molecule has 1 aliphatic carbocycles. The van der Waals surface area contributed by atoms with Crippen molar-refractivity contribution in [2.24, 2.45) is 4.99 Å². The first kappa shape index (κ1) is 15.9. The second kappa shape index (κ2) is 7.50. The summed E-state index contributed by atoms with van der Waals surface area (Å²) in [5.41, 5.74) is 1.97. The van der Waals surface area contributed by atoms with Gasteiger partial charge in [0.25, 0.3) is 0 Å². The zero-order valence-electron chi connectivity index (χ0n) is 12.5. The van der Waals surface area contributed by atoms with E-state index >= 15 is 0 Å². The Hall–Kier alpha value is -2.49. The van der Waals surface area contributed by atoms with Gasteiger partial charge in [-0.2, -0.15) is 0 Å². The largest absolute Gasteiger partial charge is 0.508 e. The summed E-state index contributed by atoms with van der Waals surface area (Å²) in [6.07, 6.45) is 8.49. The number of carbonyl (C=O) groups is 2. The van der Waals surface area contributed by atoms with E-state index in [9.17, 15) is 14.7 Å². The van der Waals surface area contributed by atoms with E-state index in [4.69, 9.17) is 0 Å². The highest BCUT2D eigenvalue weighted by atomic mass is 16.3. The number of aryl methyl sites for hydroxylation is 1. The number of nitrogens with zero attached hydrogens (tertiary/aromatic N) is 1. The van der Waals surface area contributed by atoms with Gasteiger partial charge in [0, 0.05) is 18.7 Å². The summed E-state index contributed by atoms with van der Waals surface area (Å²) in [5.74, 6) is -0.661. The molecule has 1 N–H and O–H groups in total. The van der Waals surface area contributed by atoms with Gasteiger partial charge in [-0.25, -0.2) is 0 Å². The van der Waals surface area contributed by atoms with Gasteiger partial charge in [-0.15, -0.1) is 0 Å². The summed E-state index contributed by atoms with van der Waals surface area (Å²) < 4.78 is 0. The molecule has 4 nitrogen and oxygen atoms in total. The fraction of sp³-hybridized carbons (Fsp3) is 0.278. The van der Waals surface area contributed by atoms with E-state index in [2.05, 4.69) is 4.99 Å². The number of carbonyl (C=O) groups excluding carboxylic acids is 2. The summed E-state index contributed by atoms with van der Waals surface area (Å²) in [7, 11) is 0. The van der Waals surface area contributed by atoms with Gasteiger partial charge in [-0.05, 0) is 55.2 Å². The van der Waals surface area contributed by atoms with Crippen LogP contribution in [-0.4, -0.2) is 28.9 Å². The minimum absolute atomic E-state index is 0.180. The Morgan fingerprint density at radius 1 is 1.14 bits per heavy atom. The van der Waals surface area contributed by atoms with Gasteiger partial charge in [0.15, 0.2) is 0 Å². The molecule has 1 unspecified atom stereocenters. The molecule has 1 atom stereocenters. The van der Waals surface area contributed by atoms with E-state index in [1.54, 1.807) is 24.4 Å². The summed E-state index contributed by atoms with van der Waals surface area (Å²) in [6.45, 7) is 2.04. The van der Waals surface area contributed by atoms with Gasteiger partial charge >= 0.3 is 0 Å². The molecule has 22 heavy (non-hydrogen) atoms. The highest BCUT2D eigenvalue weighted by molar-refractivity contribution is 6.46. The molecule has 114 valence electrons. The predicted molar refractivity (Wildman–Crippen MR) is 86.2 cm³/mol. The zero-order chi connectivity index (χ0) is 15.9. The molecule has 0 radical (unpaired) electrons. The number of phenols is 1. The van der Waals surface area contributed by atoms with E-state index in [0.717, 1.165) is 18.4 Å². The molecule has 0 spiro atoms. The van der Waals surface area contributed by atoms with Crippen LogP contribution in [-0.2, 0) is 16.0 Å². The lowest BCUT2D eigenvalue weighted by atomic mass is 10.0. The molecular formula is C18H19NO3. The van der Waals surface area contributed by atoms with Crippen molar-refractivity contribution in [3.05, 3.63) is 53.6 Å². The van der Waals surface area contributed by atoms with Crippen molar-refractivity contribution in [1.82, 2.24) is 0 Å². The monoisotopic (exact) mass is 297 g/mol. The fourth-order valence-electron chi connectivity index (χ4n) is 2.13. The van der Waals surface area contributed by atoms with Crippen LogP contribution in [0.3, 0.4) is 0 Å². The average molecular weight is 297 g/mol. The van der Waals surface area contributed by atoms with Gasteiger partial charge in [0.1, 0.15) is 5.75 Å². The number of benzene rings is 1. The number of aromatic hydroxyl groups is 1. The minimum Gasteiger partial charge on any atom is -0.508 e. The molecule has 0 bridgehead atoms. The van der Waals surface area contributed by atoms with Gasteiger partial charge in [0.05, 0.1) is 0 Å². The molecule has 0 heterocycles. The quantitative estimate of drug-likeness (QED) is 0.499. The first-order valence-electron chi connectivity index (χ1n) is 7.31. The molecule has 0 aliphatic heterocycles. The molecule has 0 aromatic heterocycles. The summed E-state index contributed by atoms with van der Waals surface area (Å²) in [5, 5.41) is 9.23. The van der Waals surface area contributed by atoms with E-state index in [-0.39, 0.29) is 11.8 Å². The Morgan fingerprint density at radius 3 is 2.55 bits per heavy atom. The topological polar surface area (TPSA) is 66.7 Å². The van der Waals surface area contributed by atoms with Crippen LogP contribution in [0.2, 0.25) is 0 Å². The predicted octanol–water partition coefficient (Wildman–Crippen LogP) is 2.81. The molecule has 1 aromatic carbocycles. The van der Waals surface area contributed by atoms with E-state index in [1.165, 1.54) is 17.7 Å². The number of ketones is 2. The van der Waals surface area contributed by atoms with Gasteiger partial charge in [0.2, 0.25) is 11.6 Å². The number of rotatable bonds is 6. The highest BCUT2D eigenvalue weighted by Gasteiger charge is 2.12. The first-order valence-corrected chi connectivity index (χ1v) is 7.31. The number of allylic oxidation sites excluding steroid dienone is 4. The van der Waals surface area contributed by atoms with Crippen molar-refractivity contribution in [2.45, 2.75) is 32.2 Å². The third kappa shape index (κ3) is 4.81. The Kier molecular flexibility index (Phi) is 5.42. The summed E-state index contributed by atoms with van der Waals surface area (Å²) in [6, 6.07) is 7.37. The van der Waals surface area contributed by atoms with E-state index in [1.807, 2.05) is 19.1 Å². The van der Waals surface area contributed by atoms with E-state index in [0.29, 0.717) is 6.42 Å². The zero-order valence-corrected chi connectivity index (χ0v) is 12.5. The lowest BCUT2D eigenvalue weighted by Crippen LogP contribution is -2.11. The number of hydrogen-bond donors (Lipinski definition) is 1. The maximum absolute atomic E-state index is 11.2. The van der Waals surface area contributed by atoms with Gasteiger partial charge in [-0.3, -0.25) is 14.6 Å². The molecule has 0 fully saturated rings. The van der Waals surface area contributed by atoms with Crippen LogP contribution in [0.15, 0.2) is 53.1 Å². The van der Waals surface area contributed by atoms with E-state index < -0.39 is 11.6 Å². The van der Waals surface area contributed by atoms with Crippen LogP contribution in [0.1, 0.15) is 25.3 Å². The standard InChI is InChI=1S/C18H19NO3/c1-13(2-3-14-4-7-16(20)8-5-14)19-11-10-15-6-9-17(21)18(22)12-15/h4-9,11-13,20H,2-3,10H2,1H3. The lowest BCUT2D eigenvalue weighted by Gasteiger charge is -2.07. The van der Waals surface area contributed by atoms with Crippen molar-refractivity contribution in [3.8, 4) is 5.75 Å². The van der Waals surface area contributed by atoms with Crippen LogP contribution in [0.4, 0.5) is 0 Å². The van der Waals surface area contributed by atoms with Crippen molar-refractivity contribution in [3.63, 3.8) is 0 Å². The summed E-state index contributed by atoms with van der Waals surface area (Å²) in [4.78, 5) is 26.7. The first-order chi connectivity index (χ1) is 10.5. The van der Waals surface area contributed by atoms with Gasteiger partial charge < -0.3 is 5.11 Å². The SMILES string of the molecule is CC(CCc1ccc(O)cc1)N=CCC1=CC(=O)C(=O)C=C1. The van der Waals surface area contributed by atoms with Crippen LogP contribution >= 0.6 is 0 Å². The Balaban J connectivity index is 1.77. The molecule has 0 saturated carbocycles. The van der Waals surface area contributed by atoms with Crippen LogP contribution in [0.25, 0.3) is 0 Å². The van der Waals surface area contributed by atoms with Crippen LogP contribution in [0, 0.1) is 0 Å². The summed E-state index contributed by atoms with van der Waals surface area (Å²) >= 11 is 0. The molecule has 0 amide bonds. The maximum Gasteiger partial charge on any atom is 0.225 e. The molecular weight excluding hydrogens is 278 g/mol.